The third-order valence-corrected chi connectivity index (χ3v) is 15.5. The first-order chi connectivity index (χ1) is 22.8. The lowest BCUT2D eigenvalue weighted by atomic mass is 9.32. The lowest BCUT2D eigenvalue weighted by Gasteiger charge is -2.72. The second-order valence-electron chi connectivity index (χ2n) is 19.5. The quantitative estimate of drug-likeness (QED) is 0.167. The van der Waals surface area contributed by atoms with Crippen LogP contribution >= 0.6 is 0 Å². The van der Waals surface area contributed by atoms with E-state index in [1.165, 1.54) is 25.7 Å². The van der Waals surface area contributed by atoms with Crippen LogP contribution in [0.15, 0.2) is 0 Å². The van der Waals surface area contributed by atoms with Gasteiger partial charge in [0, 0.05) is 6.54 Å². The summed E-state index contributed by atoms with van der Waals surface area (Å²) in [6.07, 6.45) is 10.4. The highest BCUT2D eigenvalue weighted by molar-refractivity contribution is 5.78. The fourth-order valence-corrected chi connectivity index (χ4v) is 12.9. The van der Waals surface area contributed by atoms with Gasteiger partial charge in [0.2, 0.25) is 0 Å². The standard InChI is InChI=1S/C41H71NO7/c1-27(2)28-13-18-41(34(44)48-26-25-47-24-23-46-22-21-42-35(45)49-36(3,4)5)20-19-39(9)29(33(28)41)11-12-31-38(8)16-15-32(43)37(6,7)30(38)14-17-40(31,39)10/h27-33,43H,11-26H2,1-10H3,(H,42,45)/t28-,29?,30-,31+,32+,33-,38-,39+,40+,41-/m0/s1. The predicted octanol–water partition coefficient (Wildman–Crippen LogP) is 8.19. The second kappa shape index (κ2) is 14.2. The van der Waals surface area contributed by atoms with Crippen molar-refractivity contribution >= 4 is 12.1 Å². The summed E-state index contributed by atoms with van der Waals surface area (Å²) in [7, 11) is 0. The first-order valence-corrected chi connectivity index (χ1v) is 19.8. The van der Waals surface area contributed by atoms with E-state index in [4.69, 9.17) is 18.9 Å². The van der Waals surface area contributed by atoms with Crippen molar-refractivity contribution in [2.24, 2.45) is 62.6 Å². The molecule has 0 aromatic heterocycles. The molecule has 5 aliphatic carbocycles. The van der Waals surface area contributed by atoms with Gasteiger partial charge in [-0.1, -0.05) is 48.5 Å². The highest BCUT2D eigenvalue weighted by Crippen LogP contribution is 2.77. The summed E-state index contributed by atoms with van der Waals surface area (Å²) in [5, 5.41) is 13.7. The number of amides is 1. The van der Waals surface area contributed by atoms with Gasteiger partial charge in [-0.25, -0.2) is 4.79 Å². The SMILES string of the molecule is CC(C)[C@@H]1CC[C@]2(C(=O)OCCOCCOCCNC(=O)OC(C)(C)C)CC[C@]3(C)C(CC[C@@H]4[C@@]5(C)CC[C@@H](O)C(C)(C)[C@@H]5CC[C@]43C)[C@H]12. The van der Waals surface area contributed by atoms with Gasteiger partial charge in [-0.2, -0.15) is 0 Å². The molecule has 49 heavy (non-hydrogen) atoms. The molecule has 5 fully saturated rings. The Kier molecular flexibility index (Phi) is 11.3. The fraction of sp³-hybridized carbons (Fsp3) is 0.951. The van der Waals surface area contributed by atoms with E-state index in [-0.39, 0.29) is 45.8 Å². The third-order valence-electron chi connectivity index (χ3n) is 15.5. The largest absolute Gasteiger partial charge is 0.463 e. The van der Waals surface area contributed by atoms with Crippen LogP contribution < -0.4 is 5.32 Å². The number of ether oxygens (including phenoxy) is 4. The summed E-state index contributed by atoms with van der Waals surface area (Å²) >= 11 is 0. The number of nitrogens with one attached hydrogen (secondary N) is 1. The molecule has 5 saturated carbocycles. The molecule has 0 aromatic carbocycles. The van der Waals surface area contributed by atoms with Crippen molar-refractivity contribution < 1.29 is 33.6 Å². The van der Waals surface area contributed by atoms with Crippen LogP contribution in [0.25, 0.3) is 0 Å². The Morgan fingerprint density at radius 1 is 0.776 bits per heavy atom. The van der Waals surface area contributed by atoms with E-state index in [0.717, 1.165) is 38.5 Å². The normalized spacial score (nSPS) is 41.2. The Balaban J connectivity index is 1.18. The van der Waals surface area contributed by atoms with Gasteiger partial charge in [0.1, 0.15) is 12.2 Å². The van der Waals surface area contributed by atoms with Gasteiger partial charge in [-0.3, -0.25) is 4.79 Å². The van der Waals surface area contributed by atoms with Crippen LogP contribution in [-0.2, 0) is 23.7 Å². The van der Waals surface area contributed by atoms with Crippen LogP contribution in [0.1, 0.15) is 133 Å². The van der Waals surface area contributed by atoms with Crippen molar-refractivity contribution in [3.05, 3.63) is 0 Å². The van der Waals surface area contributed by atoms with Crippen molar-refractivity contribution in [3.8, 4) is 0 Å². The molecular formula is C41H71NO7. The maximum absolute atomic E-state index is 14.2. The minimum atomic E-state index is -0.525. The van der Waals surface area contributed by atoms with Gasteiger partial charge in [-0.15, -0.1) is 0 Å². The Hall–Kier alpha value is -1.38. The lowest BCUT2D eigenvalue weighted by Crippen LogP contribution is -2.67. The summed E-state index contributed by atoms with van der Waals surface area (Å²) in [6.45, 7) is 24.9. The Morgan fingerprint density at radius 3 is 2.12 bits per heavy atom. The van der Waals surface area contributed by atoms with Crippen LogP contribution in [-0.4, -0.2) is 68.5 Å². The summed E-state index contributed by atoms with van der Waals surface area (Å²) in [4.78, 5) is 26.0. The van der Waals surface area contributed by atoms with Crippen molar-refractivity contribution in [1.29, 1.82) is 0 Å². The van der Waals surface area contributed by atoms with Crippen LogP contribution in [0, 0.1) is 62.6 Å². The number of alkyl carbamates (subject to hydrolysis) is 1. The summed E-state index contributed by atoms with van der Waals surface area (Å²) in [6, 6.07) is 0. The van der Waals surface area contributed by atoms with Gasteiger partial charge < -0.3 is 29.4 Å². The molecule has 2 N–H and O–H groups in total. The van der Waals surface area contributed by atoms with Crippen molar-refractivity contribution in [1.82, 2.24) is 5.32 Å². The number of carbonyl (C=O) groups excluding carboxylic acids is 2. The molecule has 1 amide bonds. The molecule has 0 aliphatic heterocycles. The third kappa shape index (κ3) is 6.94. The van der Waals surface area contributed by atoms with E-state index in [1.807, 2.05) is 20.8 Å². The monoisotopic (exact) mass is 690 g/mol. The Morgan fingerprint density at radius 2 is 1.45 bits per heavy atom. The smallest absolute Gasteiger partial charge is 0.407 e. The number of carbonyl (C=O) groups is 2. The molecule has 5 aliphatic rings. The van der Waals surface area contributed by atoms with Crippen LogP contribution in [0.5, 0.6) is 0 Å². The number of fused-ring (bicyclic) bond motifs is 7. The molecule has 0 aromatic rings. The van der Waals surface area contributed by atoms with Gasteiger partial charge in [0.05, 0.1) is 37.9 Å². The van der Waals surface area contributed by atoms with Crippen molar-refractivity contribution in [3.63, 3.8) is 0 Å². The minimum Gasteiger partial charge on any atom is -0.463 e. The highest BCUT2D eigenvalue weighted by Gasteiger charge is 2.72. The summed E-state index contributed by atoms with van der Waals surface area (Å²) in [5.41, 5.74) is -0.258. The molecule has 1 unspecified atom stereocenters. The van der Waals surface area contributed by atoms with E-state index >= 15 is 0 Å². The van der Waals surface area contributed by atoms with Crippen LogP contribution in [0.4, 0.5) is 4.79 Å². The van der Waals surface area contributed by atoms with Gasteiger partial charge >= 0.3 is 12.1 Å². The van der Waals surface area contributed by atoms with Crippen molar-refractivity contribution in [2.75, 3.05) is 39.6 Å². The lowest BCUT2D eigenvalue weighted by molar-refractivity contribution is -0.250. The maximum Gasteiger partial charge on any atom is 0.407 e. The van der Waals surface area contributed by atoms with Crippen LogP contribution in [0.3, 0.4) is 0 Å². The molecule has 0 bridgehead atoms. The topological polar surface area (TPSA) is 103 Å². The van der Waals surface area contributed by atoms with Crippen molar-refractivity contribution in [2.45, 2.75) is 145 Å². The average molecular weight is 690 g/mol. The molecular weight excluding hydrogens is 618 g/mol. The van der Waals surface area contributed by atoms with E-state index in [9.17, 15) is 14.7 Å². The summed E-state index contributed by atoms with van der Waals surface area (Å²) in [5.74, 6) is 3.23. The second-order valence-corrected chi connectivity index (χ2v) is 19.5. The number of esters is 1. The molecule has 0 spiro atoms. The number of rotatable bonds is 11. The van der Waals surface area contributed by atoms with E-state index in [2.05, 4.69) is 53.8 Å². The zero-order chi connectivity index (χ0) is 36.0. The number of aliphatic hydroxyl groups is 1. The highest BCUT2D eigenvalue weighted by atomic mass is 16.6. The first-order valence-electron chi connectivity index (χ1n) is 19.8. The Labute approximate surface area is 297 Å². The summed E-state index contributed by atoms with van der Waals surface area (Å²) < 4.78 is 22.6. The molecule has 10 atom stereocenters. The zero-order valence-electron chi connectivity index (χ0n) is 32.8. The molecule has 0 heterocycles. The van der Waals surface area contributed by atoms with E-state index < -0.39 is 11.7 Å². The molecule has 5 rings (SSSR count). The zero-order valence-corrected chi connectivity index (χ0v) is 32.8. The van der Waals surface area contributed by atoms with Gasteiger partial charge in [-0.05, 0) is 142 Å². The molecule has 0 saturated heterocycles. The Bertz CT molecular complexity index is 1180. The maximum atomic E-state index is 14.2. The number of hydrogen-bond acceptors (Lipinski definition) is 7. The average Bonchev–Trinajstić information content (AvgIpc) is 3.41. The molecule has 282 valence electrons. The number of hydrogen-bond donors (Lipinski definition) is 2. The van der Waals surface area contributed by atoms with E-state index in [0.29, 0.717) is 68.5 Å². The van der Waals surface area contributed by atoms with Gasteiger partial charge in [0.15, 0.2) is 0 Å². The van der Waals surface area contributed by atoms with E-state index in [1.54, 1.807) is 0 Å². The molecule has 8 heteroatoms. The van der Waals surface area contributed by atoms with Crippen LogP contribution in [0.2, 0.25) is 0 Å². The first kappa shape index (κ1) is 38.8. The number of aliphatic hydroxyl groups excluding tert-OH is 1. The molecule has 8 nitrogen and oxygen atoms in total. The predicted molar refractivity (Wildman–Crippen MR) is 192 cm³/mol. The fourth-order valence-electron chi connectivity index (χ4n) is 12.9. The minimum absolute atomic E-state index is 0.0155. The molecule has 0 radical (unpaired) electrons. The van der Waals surface area contributed by atoms with Gasteiger partial charge in [0.25, 0.3) is 0 Å².